The van der Waals surface area contributed by atoms with Crippen LogP contribution in [0, 0.1) is 35.5 Å². The van der Waals surface area contributed by atoms with Gasteiger partial charge in [-0.05, 0) is 111 Å². The van der Waals surface area contributed by atoms with E-state index in [9.17, 15) is 15.0 Å². The number of methoxy groups -OCH3 is 1. The summed E-state index contributed by atoms with van der Waals surface area (Å²) in [6.07, 6.45) is 6.21. The van der Waals surface area contributed by atoms with Crippen LogP contribution >= 0.6 is 0 Å². The second-order valence-electron chi connectivity index (χ2n) is 11.2. The Morgan fingerprint density at radius 1 is 1.22 bits per heavy atom. The fraction of sp³-hybridized carbons (Fsp3) is 0.679. The zero-order chi connectivity index (χ0) is 23.8. The Hall–Kier alpha value is -1.97. The van der Waals surface area contributed by atoms with Crippen LogP contribution in [0.4, 0.5) is 0 Å². The molecule has 1 aromatic carbocycles. The zero-order valence-corrected chi connectivity index (χ0v) is 21.0. The van der Waals surface area contributed by atoms with Gasteiger partial charge in [0.05, 0.1) is 7.11 Å². The number of carboxylic acid groups (broad SMARTS) is 1. The van der Waals surface area contributed by atoms with E-state index >= 15 is 0 Å². The third-order valence-electron chi connectivity index (χ3n) is 9.20. The van der Waals surface area contributed by atoms with E-state index in [4.69, 9.17) is 4.74 Å². The van der Waals surface area contributed by atoms with Crippen molar-refractivity contribution >= 4 is 5.97 Å². The highest BCUT2D eigenvalue weighted by Gasteiger charge is 2.57. The van der Waals surface area contributed by atoms with E-state index in [0.717, 1.165) is 55.4 Å². The summed E-state index contributed by atoms with van der Waals surface area (Å²) in [4.78, 5) is 11.5. The van der Waals surface area contributed by atoms with E-state index in [1.165, 1.54) is 11.1 Å². The van der Waals surface area contributed by atoms with E-state index in [0.29, 0.717) is 23.5 Å². The van der Waals surface area contributed by atoms with Crippen molar-refractivity contribution in [3.63, 3.8) is 0 Å². The molecule has 4 heteroatoms. The first kappa shape index (κ1) is 24.7. The number of aromatic hydroxyl groups is 1. The average Bonchev–Trinajstić information content (AvgIpc) is 2.72. The molecule has 0 bridgehead atoms. The molecule has 0 amide bonds. The number of carboxylic acids is 1. The minimum absolute atomic E-state index is 0.0257. The minimum atomic E-state index is -0.701. The van der Waals surface area contributed by atoms with Crippen molar-refractivity contribution in [3.05, 3.63) is 34.4 Å². The van der Waals surface area contributed by atoms with Gasteiger partial charge in [0.2, 0.25) is 0 Å². The van der Waals surface area contributed by atoms with Gasteiger partial charge < -0.3 is 14.9 Å². The molecule has 0 unspecified atom stereocenters. The molecule has 0 aliphatic heterocycles. The van der Waals surface area contributed by atoms with Gasteiger partial charge in [-0.15, -0.1) is 0 Å². The van der Waals surface area contributed by atoms with Gasteiger partial charge >= 0.3 is 5.97 Å². The number of benzene rings is 1. The Morgan fingerprint density at radius 3 is 2.50 bits per heavy atom. The number of aliphatic carboxylic acids is 1. The highest BCUT2D eigenvalue weighted by molar-refractivity contribution is 5.66. The Bertz CT molecular complexity index is 897. The predicted octanol–water partition coefficient (Wildman–Crippen LogP) is 6.92. The lowest BCUT2D eigenvalue weighted by Crippen LogP contribution is -2.54. The van der Waals surface area contributed by atoms with E-state index in [1.54, 1.807) is 7.11 Å². The molecule has 0 spiro atoms. The molecule has 0 saturated heterocycles. The monoisotopic (exact) mass is 442 g/mol. The quantitative estimate of drug-likeness (QED) is 0.469. The summed E-state index contributed by atoms with van der Waals surface area (Å²) in [6.45, 7) is 13.5. The van der Waals surface area contributed by atoms with Crippen molar-refractivity contribution < 1.29 is 19.7 Å². The maximum atomic E-state index is 11.5. The van der Waals surface area contributed by atoms with E-state index in [1.807, 2.05) is 19.1 Å². The minimum Gasteiger partial charge on any atom is -0.507 e. The molecule has 2 aliphatic carbocycles. The van der Waals surface area contributed by atoms with Gasteiger partial charge in [-0.2, -0.15) is 0 Å². The number of aryl methyl sites for hydroxylation is 1. The maximum Gasteiger partial charge on any atom is 0.303 e. The van der Waals surface area contributed by atoms with Crippen molar-refractivity contribution in [2.75, 3.05) is 7.11 Å². The molecule has 2 aliphatic rings. The molecule has 0 aromatic heterocycles. The Balaban J connectivity index is 2.04. The summed E-state index contributed by atoms with van der Waals surface area (Å²) in [5.74, 6) is 1.79. The topological polar surface area (TPSA) is 66.8 Å². The highest BCUT2D eigenvalue weighted by Crippen LogP contribution is 2.65. The van der Waals surface area contributed by atoms with Gasteiger partial charge in [0.25, 0.3) is 0 Å². The zero-order valence-electron chi connectivity index (χ0n) is 21.0. The summed E-state index contributed by atoms with van der Waals surface area (Å²) in [6, 6.07) is 3.89. The van der Waals surface area contributed by atoms with Crippen LogP contribution in [0.1, 0.15) is 84.3 Å². The van der Waals surface area contributed by atoms with Crippen LogP contribution in [0.5, 0.6) is 11.5 Å². The number of phenols is 1. The first-order valence-electron chi connectivity index (χ1n) is 12.2. The fourth-order valence-electron chi connectivity index (χ4n) is 7.22. The van der Waals surface area contributed by atoms with Crippen molar-refractivity contribution in [3.8, 4) is 11.5 Å². The smallest absolute Gasteiger partial charge is 0.303 e. The third kappa shape index (κ3) is 4.30. The fourth-order valence-corrected chi connectivity index (χ4v) is 7.22. The second kappa shape index (κ2) is 9.11. The summed E-state index contributed by atoms with van der Waals surface area (Å²) < 4.78 is 5.51. The molecule has 1 aromatic rings. The summed E-state index contributed by atoms with van der Waals surface area (Å²) >= 11 is 0. The highest BCUT2D eigenvalue weighted by atomic mass is 16.5. The van der Waals surface area contributed by atoms with Crippen LogP contribution in [0.25, 0.3) is 0 Å². The summed E-state index contributed by atoms with van der Waals surface area (Å²) in [5, 5.41) is 20.3. The lowest BCUT2D eigenvalue weighted by molar-refractivity contribution is -0.138. The Morgan fingerprint density at radius 2 is 1.91 bits per heavy atom. The van der Waals surface area contributed by atoms with Gasteiger partial charge in [-0.3, -0.25) is 4.79 Å². The lowest BCUT2D eigenvalue weighted by atomic mass is 9.43. The van der Waals surface area contributed by atoms with Gasteiger partial charge in [0.15, 0.2) is 0 Å². The van der Waals surface area contributed by atoms with Crippen LogP contribution in [-0.2, 0) is 11.2 Å². The van der Waals surface area contributed by atoms with Crippen LogP contribution in [0.3, 0.4) is 0 Å². The largest absolute Gasteiger partial charge is 0.507 e. The summed E-state index contributed by atoms with van der Waals surface area (Å²) in [7, 11) is 1.67. The number of hydrogen-bond donors (Lipinski definition) is 2. The number of allylic oxidation sites excluding steroid dienone is 2. The lowest BCUT2D eigenvalue weighted by Gasteiger charge is -2.61. The first-order chi connectivity index (χ1) is 14.9. The molecule has 5 atom stereocenters. The normalized spacial score (nSPS) is 32.3. The van der Waals surface area contributed by atoms with Crippen molar-refractivity contribution in [1.82, 2.24) is 0 Å². The van der Waals surface area contributed by atoms with E-state index in [-0.39, 0.29) is 17.3 Å². The SMILES string of the molecule is COc1cc(C)c(O)c(C[C@]2(C)[C@H]3CCC(=C(C)C)[C@@H](CCC(=O)O)[C@@]3(C)CC[C@@H]2C)c1. The third-order valence-corrected chi connectivity index (χ3v) is 9.20. The molecule has 3 rings (SSSR count). The average molecular weight is 443 g/mol. The molecular weight excluding hydrogens is 400 g/mol. The number of hydrogen-bond acceptors (Lipinski definition) is 3. The van der Waals surface area contributed by atoms with Crippen LogP contribution in [-0.4, -0.2) is 23.3 Å². The number of carbonyl (C=O) groups is 1. The molecule has 2 N–H and O–H groups in total. The van der Waals surface area contributed by atoms with Gasteiger partial charge in [0.1, 0.15) is 11.5 Å². The molecule has 0 radical (unpaired) electrons. The number of phenolic OH excluding ortho intramolecular Hbond substituents is 1. The maximum absolute atomic E-state index is 11.5. The predicted molar refractivity (Wildman–Crippen MR) is 129 cm³/mol. The van der Waals surface area contributed by atoms with Crippen LogP contribution in [0.2, 0.25) is 0 Å². The molecule has 0 heterocycles. The van der Waals surface area contributed by atoms with Crippen LogP contribution < -0.4 is 4.74 Å². The van der Waals surface area contributed by atoms with Gasteiger partial charge in [-0.1, -0.05) is 31.9 Å². The second-order valence-corrected chi connectivity index (χ2v) is 11.2. The standard InChI is InChI=1S/C28H42O4/c1-17(2)22-8-10-24-27(5,23(22)9-11-25(29)30)13-12-19(4)28(24,6)16-20-15-21(32-7)14-18(3)26(20)31/h14-15,19,23-24,31H,8-13,16H2,1-7H3,(H,29,30)/t19-,23+,24-,27+,28-/m0/s1. The molecule has 2 fully saturated rings. The molecule has 2 saturated carbocycles. The number of fused-ring (bicyclic) bond motifs is 1. The van der Waals surface area contributed by atoms with Gasteiger partial charge in [0, 0.05) is 6.42 Å². The Labute approximate surface area is 194 Å². The first-order valence-corrected chi connectivity index (χ1v) is 12.2. The molecule has 178 valence electrons. The Kier molecular flexibility index (Phi) is 7.02. The number of ether oxygens (including phenoxy) is 1. The van der Waals surface area contributed by atoms with E-state index in [2.05, 4.69) is 34.6 Å². The van der Waals surface area contributed by atoms with E-state index < -0.39 is 5.97 Å². The molecular formula is C28H42O4. The molecule has 4 nitrogen and oxygen atoms in total. The van der Waals surface area contributed by atoms with Crippen LogP contribution in [0.15, 0.2) is 23.3 Å². The van der Waals surface area contributed by atoms with Crippen molar-refractivity contribution in [2.24, 2.45) is 28.6 Å². The number of rotatable bonds is 6. The van der Waals surface area contributed by atoms with Gasteiger partial charge in [-0.25, -0.2) is 0 Å². The summed E-state index contributed by atoms with van der Waals surface area (Å²) in [5.41, 5.74) is 4.77. The van der Waals surface area contributed by atoms with Crippen molar-refractivity contribution in [1.29, 1.82) is 0 Å². The van der Waals surface area contributed by atoms with Crippen molar-refractivity contribution in [2.45, 2.75) is 86.5 Å². The molecule has 32 heavy (non-hydrogen) atoms.